The van der Waals surface area contributed by atoms with Crippen molar-refractivity contribution in [3.8, 4) is 0 Å². The molecule has 1 heterocycles. The molecule has 0 atom stereocenters. The van der Waals surface area contributed by atoms with Crippen LogP contribution in [-0.4, -0.2) is 16.1 Å². The lowest BCUT2D eigenvalue weighted by molar-refractivity contribution is 0.0695. The lowest BCUT2D eigenvalue weighted by Crippen LogP contribution is -2.06. The Morgan fingerprint density at radius 3 is 2.64 bits per heavy atom. The molecular weight excluding hydrogens is 269 g/mol. The van der Waals surface area contributed by atoms with Crippen molar-refractivity contribution >= 4 is 33.5 Å². The van der Waals surface area contributed by atoms with Crippen LogP contribution in [0.2, 0.25) is 5.15 Å². The summed E-state index contributed by atoms with van der Waals surface area (Å²) in [6.45, 7) is 3.64. The second-order valence-corrected chi connectivity index (χ2v) is 3.97. The maximum atomic E-state index is 10.9. The Hall–Kier alpha value is -0.610. The van der Waals surface area contributed by atoms with Crippen molar-refractivity contribution in [2.45, 2.75) is 20.3 Å². The molecule has 0 aliphatic rings. The van der Waals surface area contributed by atoms with E-state index in [-0.39, 0.29) is 10.7 Å². The smallest absolute Gasteiger partial charge is 0.337 e. The number of rotatable bonds is 2. The van der Waals surface area contributed by atoms with E-state index < -0.39 is 5.97 Å². The third-order valence-corrected chi connectivity index (χ3v) is 3.26. The first kappa shape index (κ1) is 11.5. The summed E-state index contributed by atoms with van der Waals surface area (Å²) in [4.78, 5) is 15.0. The first-order valence-corrected chi connectivity index (χ1v) is 5.23. The van der Waals surface area contributed by atoms with E-state index in [2.05, 4.69) is 20.9 Å². The fourth-order valence-electron chi connectivity index (χ4n) is 1.26. The lowest BCUT2D eigenvalue weighted by atomic mass is 10.1. The van der Waals surface area contributed by atoms with Crippen LogP contribution in [0.4, 0.5) is 0 Å². The number of aryl methyl sites for hydroxylation is 1. The summed E-state index contributed by atoms with van der Waals surface area (Å²) in [5.74, 6) is -0.992. The molecule has 1 aromatic rings. The van der Waals surface area contributed by atoms with Gasteiger partial charge in [-0.1, -0.05) is 18.5 Å². The van der Waals surface area contributed by atoms with Gasteiger partial charge in [-0.3, -0.25) is 0 Å². The normalized spacial score (nSPS) is 10.3. The predicted octanol–water partition coefficient (Wildman–Crippen LogP) is 3.07. The molecule has 0 aliphatic carbocycles. The highest BCUT2D eigenvalue weighted by Crippen LogP contribution is 2.29. The summed E-state index contributed by atoms with van der Waals surface area (Å²) < 4.78 is 0.348. The molecule has 0 bridgehead atoms. The zero-order valence-corrected chi connectivity index (χ0v) is 10.1. The van der Waals surface area contributed by atoms with Gasteiger partial charge in [-0.05, 0) is 34.8 Å². The predicted molar refractivity (Wildman–Crippen MR) is 58.0 cm³/mol. The van der Waals surface area contributed by atoms with E-state index in [1.54, 1.807) is 6.92 Å². The van der Waals surface area contributed by atoms with E-state index in [4.69, 9.17) is 16.7 Å². The van der Waals surface area contributed by atoms with Gasteiger partial charge in [0.1, 0.15) is 5.15 Å². The topological polar surface area (TPSA) is 50.2 Å². The van der Waals surface area contributed by atoms with E-state index in [0.29, 0.717) is 16.5 Å². The molecule has 3 nitrogen and oxygen atoms in total. The van der Waals surface area contributed by atoms with Gasteiger partial charge in [0.05, 0.1) is 10.0 Å². The van der Waals surface area contributed by atoms with Crippen molar-refractivity contribution in [3.05, 3.63) is 26.4 Å². The molecule has 0 aromatic carbocycles. The van der Waals surface area contributed by atoms with E-state index >= 15 is 0 Å². The molecule has 0 saturated heterocycles. The maximum Gasteiger partial charge on any atom is 0.337 e. The standard InChI is InChI=1S/C9H9BrClNO2/c1-3-5-4(2)6(9(13)14)7(10)8(11)12-5/h3H2,1-2H3,(H,13,14). The average Bonchev–Trinajstić information content (AvgIpc) is 2.11. The summed E-state index contributed by atoms with van der Waals surface area (Å²) in [5.41, 5.74) is 1.58. The van der Waals surface area contributed by atoms with Crippen molar-refractivity contribution in [1.82, 2.24) is 4.98 Å². The van der Waals surface area contributed by atoms with Crippen LogP contribution in [0.1, 0.15) is 28.5 Å². The molecule has 0 saturated carbocycles. The van der Waals surface area contributed by atoms with Gasteiger partial charge in [-0.25, -0.2) is 9.78 Å². The van der Waals surface area contributed by atoms with Gasteiger partial charge in [0, 0.05) is 5.69 Å². The molecule has 1 rings (SSSR count). The molecule has 0 aliphatic heterocycles. The Morgan fingerprint density at radius 1 is 1.64 bits per heavy atom. The van der Waals surface area contributed by atoms with Crippen molar-refractivity contribution in [2.24, 2.45) is 0 Å². The van der Waals surface area contributed by atoms with Crippen molar-refractivity contribution in [1.29, 1.82) is 0 Å². The number of carbonyl (C=O) groups is 1. The molecule has 0 radical (unpaired) electrons. The molecule has 1 aromatic heterocycles. The first-order chi connectivity index (χ1) is 6.49. The first-order valence-electron chi connectivity index (χ1n) is 4.06. The number of hydrogen-bond acceptors (Lipinski definition) is 2. The summed E-state index contributed by atoms with van der Waals surface area (Å²) in [5, 5.41) is 9.17. The summed E-state index contributed by atoms with van der Waals surface area (Å²) in [6.07, 6.45) is 0.666. The van der Waals surface area contributed by atoms with Gasteiger partial charge in [-0.2, -0.15) is 0 Å². The van der Waals surface area contributed by atoms with Crippen LogP contribution in [0.3, 0.4) is 0 Å². The van der Waals surface area contributed by atoms with Gasteiger partial charge in [0.15, 0.2) is 0 Å². The Morgan fingerprint density at radius 2 is 2.21 bits per heavy atom. The SMILES string of the molecule is CCc1nc(Cl)c(Br)c(C(=O)O)c1C. The Balaban J connectivity index is 3.53. The highest BCUT2D eigenvalue weighted by atomic mass is 79.9. The molecule has 5 heteroatoms. The fourth-order valence-corrected chi connectivity index (χ4v) is 2.01. The number of carboxylic acids is 1. The molecule has 1 N–H and O–H groups in total. The van der Waals surface area contributed by atoms with Crippen molar-refractivity contribution in [3.63, 3.8) is 0 Å². The second kappa shape index (κ2) is 4.28. The van der Waals surface area contributed by atoms with E-state index in [0.717, 1.165) is 5.69 Å². The number of carboxylic acid groups (broad SMARTS) is 1. The number of nitrogens with zero attached hydrogens (tertiary/aromatic N) is 1. The largest absolute Gasteiger partial charge is 0.478 e. The van der Waals surface area contributed by atoms with E-state index in [1.807, 2.05) is 6.92 Å². The Labute approximate surface area is 95.2 Å². The quantitative estimate of drug-likeness (QED) is 0.846. The molecular formula is C9H9BrClNO2. The fraction of sp³-hybridized carbons (Fsp3) is 0.333. The minimum absolute atomic E-state index is 0.196. The Bertz CT molecular complexity index is 393. The zero-order valence-electron chi connectivity index (χ0n) is 7.77. The summed E-state index contributed by atoms with van der Waals surface area (Å²) >= 11 is 8.91. The minimum atomic E-state index is -0.992. The van der Waals surface area contributed by atoms with Crippen LogP contribution in [0.25, 0.3) is 0 Å². The van der Waals surface area contributed by atoms with E-state index in [1.165, 1.54) is 0 Å². The third kappa shape index (κ3) is 1.91. The lowest BCUT2D eigenvalue weighted by Gasteiger charge is -2.09. The number of aromatic nitrogens is 1. The van der Waals surface area contributed by atoms with Crippen LogP contribution >= 0.6 is 27.5 Å². The zero-order chi connectivity index (χ0) is 10.9. The molecule has 0 unspecified atom stereocenters. The molecule has 76 valence electrons. The molecule has 0 spiro atoms. The third-order valence-electron chi connectivity index (χ3n) is 1.99. The van der Waals surface area contributed by atoms with Gasteiger partial charge in [0.2, 0.25) is 0 Å². The number of hydrogen-bond donors (Lipinski definition) is 1. The van der Waals surface area contributed by atoms with Crippen molar-refractivity contribution < 1.29 is 9.90 Å². The molecule has 0 fully saturated rings. The van der Waals surface area contributed by atoms with Crippen LogP contribution < -0.4 is 0 Å². The van der Waals surface area contributed by atoms with Gasteiger partial charge in [-0.15, -0.1) is 0 Å². The van der Waals surface area contributed by atoms with Crippen LogP contribution in [0.5, 0.6) is 0 Å². The monoisotopic (exact) mass is 277 g/mol. The molecule has 14 heavy (non-hydrogen) atoms. The van der Waals surface area contributed by atoms with Gasteiger partial charge in [0.25, 0.3) is 0 Å². The van der Waals surface area contributed by atoms with Crippen LogP contribution in [0, 0.1) is 6.92 Å². The van der Waals surface area contributed by atoms with Gasteiger partial charge >= 0.3 is 5.97 Å². The second-order valence-electron chi connectivity index (χ2n) is 2.82. The van der Waals surface area contributed by atoms with Crippen molar-refractivity contribution in [2.75, 3.05) is 0 Å². The van der Waals surface area contributed by atoms with Gasteiger partial charge < -0.3 is 5.11 Å². The Kier molecular flexibility index (Phi) is 3.50. The summed E-state index contributed by atoms with van der Waals surface area (Å²) in [7, 11) is 0. The highest BCUT2D eigenvalue weighted by Gasteiger charge is 2.18. The number of halogens is 2. The highest BCUT2D eigenvalue weighted by molar-refractivity contribution is 9.10. The minimum Gasteiger partial charge on any atom is -0.478 e. The van der Waals surface area contributed by atoms with Crippen LogP contribution in [-0.2, 0) is 6.42 Å². The van der Waals surface area contributed by atoms with Crippen LogP contribution in [0.15, 0.2) is 4.47 Å². The average molecular weight is 279 g/mol. The maximum absolute atomic E-state index is 10.9. The molecule has 0 amide bonds. The summed E-state index contributed by atoms with van der Waals surface area (Å²) in [6, 6.07) is 0. The number of aromatic carboxylic acids is 1. The van der Waals surface area contributed by atoms with E-state index in [9.17, 15) is 4.79 Å². The number of pyridine rings is 1.